The number of hydrogen-bond donors (Lipinski definition) is 1. The van der Waals surface area contributed by atoms with E-state index < -0.39 is 28.7 Å². The van der Waals surface area contributed by atoms with Crippen molar-refractivity contribution in [2.75, 3.05) is 19.8 Å². The Morgan fingerprint density at radius 2 is 2.00 bits per heavy atom. The number of hydrogen-bond acceptors (Lipinski definition) is 6. The van der Waals surface area contributed by atoms with Crippen molar-refractivity contribution < 1.29 is 24.2 Å². The highest BCUT2D eigenvalue weighted by Crippen LogP contribution is 2.69. The molecule has 0 saturated carbocycles. The molecule has 2 amide bonds. The Balaban J connectivity index is 1.66. The van der Waals surface area contributed by atoms with E-state index in [1.54, 1.807) is 34.6 Å². The number of allylic oxidation sites excluding steroid dienone is 1. The summed E-state index contributed by atoms with van der Waals surface area (Å²) in [6.45, 7) is 12.2. The summed E-state index contributed by atoms with van der Waals surface area (Å²) in [5, 5.41) is 10.0. The maximum atomic E-state index is 14.4. The van der Waals surface area contributed by atoms with Gasteiger partial charge in [-0.05, 0) is 44.1 Å². The molecule has 0 radical (unpaired) electrons. The Kier molecular flexibility index (Phi) is 9.04. The van der Waals surface area contributed by atoms with Gasteiger partial charge in [0.2, 0.25) is 11.8 Å². The molecule has 0 aliphatic carbocycles. The van der Waals surface area contributed by atoms with Crippen molar-refractivity contribution in [3.05, 3.63) is 61.2 Å². The number of thioether (sulfide) groups is 1. The van der Waals surface area contributed by atoms with Crippen LogP contribution in [0.5, 0.6) is 0 Å². The smallest absolute Gasteiger partial charge is 0.310 e. The molecule has 1 spiro atoms. The molecule has 3 fully saturated rings. The van der Waals surface area contributed by atoms with Crippen molar-refractivity contribution >= 4 is 29.5 Å². The second kappa shape index (κ2) is 12.1. The van der Waals surface area contributed by atoms with E-state index in [4.69, 9.17) is 4.74 Å². The molecule has 3 unspecified atom stereocenters. The van der Waals surface area contributed by atoms with E-state index >= 15 is 0 Å². The average Bonchev–Trinajstić information content (AvgIpc) is 3.51. The summed E-state index contributed by atoms with van der Waals surface area (Å²) in [5.74, 6) is -1.91. The molecule has 38 heavy (non-hydrogen) atoms. The number of unbranched alkanes of at least 4 members (excludes halogenated alkanes) is 2. The minimum atomic E-state index is -0.777. The monoisotopic (exact) mass is 540 g/mol. The van der Waals surface area contributed by atoms with Crippen LogP contribution in [0.3, 0.4) is 0 Å². The van der Waals surface area contributed by atoms with Crippen molar-refractivity contribution in [2.45, 2.75) is 68.2 Å². The van der Waals surface area contributed by atoms with Crippen molar-refractivity contribution in [3.8, 4) is 0 Å². The Hall–Kier alpha value is -2.58. The van der Waals surface area contributed by atoms with Gasteiger partial charge in [-0.1, -0.05) is 49.4 Å². The fraction of sp³-hybridized carbons (Fsp3) is 0.567. The van der Waals surface area contributed by atoms with Gasteiger partial charge in [-0.3, -0.25) is 14.4 Å². The number of amides is 2. The number of carbonyl (C=O) groups is 3. The molecule has 206 valence electrons. The molecule has 3 saturated heterocycles. The SMILES string of the molecule is C=CCCCCOC(=O)[C@@H]1[C@@H]2CC(C)C3(S2)C(C(=O)N(CC=C)Cc2ccccc2)N([C@H](C)CO)C(=O)[C@H]13. The quantitative estimate of drug-likeness (QED) is 0.233. The third kappa shape index (κ3) is 4.93. The summed E-state index contributed by atoms with van der Waals surface area (Å²) in [5.41, 5.74) is 0.983. The molecule has 1 aromatic carbocycles. The summed E-state index contributed by atoms with van der Waals surface area (Å²) in [6.07, 6.45) is 6.79. The van der Waals surface area contributed by atoms with Crippen molar-refractivity contribution in [1.82, 2.24) is 9.80 Å². The molecular formula is C30H40N2O5S. The lowest BCUT2D eigenvalue weighted by Crippen LogP contribution is -2.58. The van der Waals surface area contributed by atoms with Gasteiger partial charge in [0, 0.05) is 18.3 Å². The Labute approximate surface area is 230 Å². The highest BCUT2D eigenvalue weighted by Gasteiger charge is 2.77. The lowest BCUT2D eigenvalue weighted by Gasteiger charge is -2.41. The van der Waals surface area contributed by atoms with Gasteiger partial charge in [-0.15, -0.1) is 24.9 Å². The molecule has 1 N–H and O–H groups in total. The van der Waals surface area contributed by atoms with Crippen LogP contribution in [-0.4, -0.2) is 74.5 Å². The molecule has 2 bridgehead atoms. The van der Waals surface area contributed by atoms with Gasteiger partial charge in [-0.2, -0.15) is 0 Å². The fourth-order valence-electron chi connectivity index (χ4n) is 6.59. The number of esters is 1. The van der Waals surface area contributed by atoms with Gasteiger partial charge >= 0.3 is 5.97 Å². The average molecular weight is 541 g/mol. The second-order valence-electron chi connectivity index (χ2n) is 10.8. The van der Waals surface area contributed by atoms with Crippen LogP contribution in [-0.2, 0) is 25.7 Å². The molecule has 3 heterocycles. The first-order valence-corrected chi connectivity index (χ1v) is 14.5. The van der Waals surface area contributed by atoms with Crippen molar-refractivity contribution in [1.29, 1.82) is 0 Å². The molecule has 3 aliphatic heterocycles. The number of carbonyl (C=O) groups excluding carboxylic acids is 3. The first kappa shape index (κ1) is 28.4. The predicted molar refractivity (Wildman–Crippen MR) is 149 cm³/mol. The molecule has 7 nitrogen and oxygen atoms in total. The molecular weight excluding hydrogens is 500 g/mol. The zero-order chi connectivity index (χ0) is 27.4. The molecule has 4 rings (SSSR count). The zero-order valence-electron chi connectivity index (χ0n) is 22.5. The van der Waals surface area contributed by atoms with Gasteiger partial charge in [0.25, 0.3) is 0 Å². The van der Waals surface area contributed by atoms with E-state index in [9.17, 15) is 19.5 Å². The minimum Gasteiger partial charge on any atom is -0.465 e. The summed E-state index contributed by atoms with van der Waals surface area (Å²) in [7, 11) is 0. The third-order valence-electron chi connectivity index (χ3n) is 8.35. The number of likely N-dealkylation sites (tertiary alicyclic amines) is 1. The zero-order valence-corrected chi connectivity index (χ0v) is 23.3. The number of aliphatic hydroxyl groups excluding tert-OH is 1. The van der Waals surface area contributed by atoms with E-state index in [-0.39, 0.29) is 35.6 Å². The van der Waals surface area contributed by atoms with Crippen LogP contribution < -0.4 is 0 Å². The first-order valence-electron chi connectivity index (χ1n) is 13.6. The predicted octanol–water partition coefficient (Wildman–Crippen LogP) is 3.82. The Morgan fingerprint density at radius 3 is 2.66 bits per heavy atom. The summed E-state index contributed by atoms with van der Waals surface area (Å²) >= 11 is 1.62. The van der Waals surface area contributed by atoms with Gasteiger partial charge < -0.3 is 19.6 Å². The van der Waals surface area contributed by atoms with Crippen molar-refractivity contribution in [3.63, 3.8) is 0 Å². The maximum Gasteiger partial charge on any atom is 0.310 e. The molecule has 1 aromatic rings. The maximum absolute atomic E-state index is 14.4. The molecule has 3 aliphatic rings. The largest absolute Gasteiger partial charge is 0.465 e. The van der Waals surface area contributed by atoms with Crippen LogP contribution in [0.25, 0.3) is 0 Å². The van der Waals surface area contributed by atoms with Gasteiger partial charge in [0.1, 0.15) is 6.04 Å². The van der Waals surface area contributed by atoms with Gasteiger partial charge in [0.15, 0.2) is 0 Å². The Morgan fingerprint density at radius 1 is 1.26 bits per heavy atom. The number of aliphatic hydroxyl groups is 1. The van der Waals surface area contributed by atoms with E-state index in [1.165, 1.54) is 0 Å². The highest BCUT2D eigenvalue weighted by atomic mass is 32.2. The third-order valence-corrected chi connectivity index (χ3v) is 10.4. The van der Waals surface area contributed by atoms with Crippen LogP contribution in [0.4, 0.5) is 0 Å². The van der Waals surface area contributed by atoms with Crippen molar-refractivity contribution in [2.24, 2.45) is 17.8 Å². The highest BCUT2D eigenvalue weighted by molar-refractivity contribution is 8.02. The van der Waals surface area contributed by atoms with Crippen LogP contribution >= 0.6 is 11.8 Å². The number of nitrogens with zero attached hydrogens (tertiary/aromatic N) is 2. The fourth-order valence-corrected chi connectivity index (χ4v) is 8.98. The van der Waals surface area contributed by atoms with Crippen LogP contribution in [0, 0.1) is 17.8 Å². The molecule has 8 heteroatoms. The first-order chi connectivity index (χ1) is 18.3. The molecule has 7 atom stereocenters. The number of fused-ring (bicyclic) bond motifs is 1. The van der Waals surface area contributed by atoms with Gasteiger partial charge in [-0.25, -0.2) is 0 Å². The molecule has 0 aromatic heterocycles. The van der Waals surface area contributed by atoms with Crippen LogP contribution in [0.2, 0.25) is 0 Å². The summed E-state index contributed by atoms with van der Waals surface area (Å²) < 4.78 is 4.94. The lowest BCUT2D eigenvalue weighted by molar-refractivity contribution is -0.155. The second-order valence-corrected chi connectivity index (χ2v) is 12.3. The van der Waals surface area contributed by atoms with E-state index in [0.717, 1.165) is 31.2 Å². The lowest BCUT2D eigenvalue weighted by atomic mass is 9.66. The van der Waals surface area contributed by atoms with Crippen LogP contribution in [0.15, 0.2) is 55.6 Å². The van der Waals surface area contributed by atoms with Gasteiger partial charge in [0.05, 0.1) is 35.8 Å². The Bertz CT molecular complexity index is 1050. The number of ether oxygens (including phenoxy) is 1. The summed E-state index contributed by atoms with van der Waals surface area (Å²) in [4.78, 5) is 45.2. The minimum absolute atomic E-state index is 0.0511. The van der Waals surface area contributed by atoms with Crippen LogP contribution in [0.1, 0.15) is 45.1 Å². The van der Waals surface area contributed by atoms with E-state index in [1.807, 2.05) is 36.4 Å². The van der Waals surface area contributed by atoms with E-state index in [0.29, 0.717) is 19.7 Å². The number of benzene rings is 1. The topological polar surface area (TPSA) is 87.2 Å². The van der Waals surface area contributed by atoms with E-state index in [2.05, 4.69) is 20.1 Å². The number of rotatable bonds is 13. The summed E-state index contributed by atoms with van der Waals surface area (Å²) in [6, 6.07) is 8.41. The normalized spacial score (nSPS) is 30.1. The standard InChI is InChI=1S/C30H40N2O5S/c1-5-7-8-12-16-37-29(36)24-23-17-20(3)30(38-23)25(24)27(34)32(21(4)19-33)26(30)28(35)31(15-6-2)18-22-13-10-9-11-14-22/h5-6,9-11,13-14,20-21,23-26,33H,1-2,7-8,12,15-19H2,3-4H3/t20?,21-,23+,24-,25+,26?,30?/m1/s1.